The largest absolute Gasteiger partial charge is 0.481 e. The van der Waals surface area contributed by atoms with Crippen LogP contribution < -0.4 is 5.32 Å². The zero-order valence-corrected chi connectivity index (χ0v) is 30.8. The fraction of sp³-hybridized carbons (Fsp3) is 0.878. The average molecular weight is 656 g/mol. The molecule has 2 N–H and O–H groups in total. The van der Waals surface area contributed by atoms with Crippen LogP contribution in [0.25, 0.3) is 0 Å². The molecule has 4 saturated carbocycles. The SMILES string of the molecule is C.CC(C)CNCCC12CCC3C(CCC4C3(C)CCC3C(C)(C)C(OC(=O)CC(C)(C)C(=O)O)CCC34C)C1=C(C(C)C)C(=O)C2. The van der Waals surface area contributed by atoms with Crippen molar-refractivity contribution < 1.29 is 24.2 Å². The van der Waals surface area contributed by atoms with Crippen LogP contribution in [0.5, 0.6) is 0 Å². The number of aliphatic carboxylic acids is 1. The van der Waals surface area contributed by atoms with Crippen LogP contribution in [0.2, 0.25) is 0 Å². The third-order valence-corrected chi connectivity index (χ3v) is 14.4. The molecule has 8 unspecified atom stereocenters. The van der Waals surface area contributed by atoms with Gasteiger partial charge in [-0.25, -0.2) is 0 Å². The van der Waals surface area contributed by atoms with Gasteiger partial charge >= 0.3 is 11.9 Å². The molecule has 5 aliphatic carbocycles. The van der Waals surface area contributed by atoms with E-state index in [0.29, 0.717) is 35.4 Å². The quantitative estimate of drug-likeness (QED) is 0.180. The Kier molecular flexibility index (Phi) is 10.7. The van der Waals surface area contributed by atoms with Crippen molar-refractivity contribution in [1.29, 1.82) is 0 Å². The Morgan fingerprint density at radius 1 is 0.936 bits per heavy atom. The number of hydrogen-bond donors (Lipinski definition) is 2. The number of ketones is 1. The molecule has 0 bridgehead atoms. The van der Waals surface area contributed by atoms with Crippen molar-refractivity contribution in [3.05, 3.63) is 11.1 Å². The van der Waals surface area contributed by atoms with E-state index < -0.39 is 11.4 Å². The summed E-state index contributed by atoms with van der Waals surface area (Å²) in [5.74, 6) is 2.18. The number of esters is 1. The molecule has 0 aromatic rings. The van der Waals surface area contributed by atoms with Gasteiger partial charge in [0, 0.05) is 17.3 Å². The fourth-order valence-corrected chi connectivity index (χ4v) is 12.3. The number of nitrogens with one attached hydrogen (secondary N) is 1. The zero-order valence-electron chi connectivity index (χ0n) is 30.8. The normalized spacial score (nSPS) is 37.9. The van der Waals surface area contributed by atoms with Crippen LogP contribution in [0.15, 0.2) is 11.1 Å². The third kappa shape index (κ3) is 6.40. The molecule has 5 aliphatic rings. The first-order chi connectivity index (χ1) is 21.3. The summed E-state index contributed by atoms with van der Waals surface area (Å²) < 4.78 is 6.14. The maximum Gasteiger partial charge on any atom is 0.309 e. The highest BCUT2D eigenvalue weighted by atomic mass is 16.5. The lowest BCUT2D eigenvalue weighted by molar-refractivity contribution is -0.213. The van der Waals surface area contributed by atoms with Gasteiger partial charge in [0.25, 0.3) is 0 Å². The van der Waals surface area contributed by atoms with Crippen LogP contribution in [0.1, 0.15) is 147 Å². The molecule has 0 heterocycles. The molecule has 0 saturated heterocycles. The number of fused-ring (bicyclic) bond motifs is 7. The summed E-state index contributed by atoms with van der Waals surface area (Å²) in [7, 11) is 0. The number of hydrogen-bond acceptors (Lipinski definition) is 5. The molecule has 0 spiro atoms. The minimum atomic E-state index is -1.13. The molecule has 6 nitrogen and oxygen atoms in total. The molecule has 8 atom stereocenters. The van der Waals surface area contributed by atoms with Crippen LogP contribution in [0, 0.1) is 62.6 Å². The number of carboxylic acids is 1. The lowest BCUT2D eigenvalue weighted by atomic mass is 9.36. The van der Waals surface area contributed by atoms with Crippen LogP contribution in [-0.2, 0) is 19.1 Å². The number of carbonyl (C=O) groups excluding carboxylic acids is 2. The lowest BCUT2D eigenvalue weighted by Crippen LogP contribution is -2.63. The topological polar surface area (TPSA) is 92.7 Å². The summed E-state index contributed by atoms with van der Waals surface area (Å²) in [5.41, 5.74) is 1.92. The van der Waals surface area contributed by atoms with E-state index in [-0.39, 0.29) is 53.5 Å². The number of carbonyl (C=O) groups is 3. The standard InChI is InChI=1S/C40H65NO5.CH4/c1-24(2)23-41-20-19-40-18-13-27-26(34(40)33(25(3)4)28(42)21-40)11-12-30-38(27,9)16-14-29-37(7,8)31(15-17-39(29,30)10)46-32(43)22-36(5,6)35(44)45;/h24-27,29-31,41H,11-23H2,1-10H3,(H,44,45);1H4. The Bertz CT molecular complexity index is 1250. The minimum Gasteiger partial charge on any atom is -0.481 e. The smallest absolute Gasteiger partial charge is 0.309 e. The van der Waals surface area contributed by atoms with Crippen LogP contribution >= 0.6 is 0 Å². The van der Waals surface area contributed by atoms with Crippen molar-refractivity contribution in [2.24, 2.45) is 62.6 Å². The Morgan fingerprint density at radius 3 is 2.21 bits per heavy atom. The van der Waals surface area contributed by atoms with E-state index in [0.717, 1.165) is 51.6 Å². The summed E-state index contributed by atoms with van der Waals surface area (Å²) >= 11 is 0. The van der Waals surface area contributed by atoms with Gasteiger partial charge < -0.3 is 15.2 Å². The highest BCUT2D eigenvalue weighted by Gasteiger charge is 2.66. The molecule has 0 amide bonds. The zero-order chi connectivity index (χ0) is 34.0. The van der Waals surface area contributed by atoms with Gasteiger partial charge in [-0.2, -0.15) is 0 Å². The van der Waals surface area contributed by atoms with Crippen molar-refractivity contribution in [1.82, 2.24) is 5.32 Å². The Hall–Kier alpha value is -1.69. The van der Waals surface area contributed by atoms with Gasteiger partial charge in [0.2, 0.25) is 0 Å². The van der Waals surface area contributed by atoms with Crippen LogP contribution in [0.4, 0.5) is 0 Å². The van der Waals surface area contributed by atoms with Gasteiger partial charge in [-0.1, -0.05) is 68.4 Å². The molecule has 0 aliphatic heterocycles. The molecule has 4 fully saturated rings. The molecule has 0 aromatic heterocycles. The van der Waals surface area contributed by atoms with Crippen LogP contribution in [-0.4, -0.2) is 42.0 Å². The van der Waals surface area contributed by atoms with Gasteiger partial charge in [0.1, 0.15) is 6.10 Å². The summed E-state index contributed by atoms with van der Waals surface area (Å²) in [6.07, 6.45) is 10.5. The molecule has 47 heavy (non-hydrogen) atoms. The Morgan fingerprint density at radius 2 is 1.60 bits per heavy atom. The predicted molar refractivity (Wildman–Crippen MR) is 190 cm³/mol. The number of rotatable bonds is 10. The summed E-state index contributed by atoms with van der Waals surface area (Å²) in [6.45, 7) is 24.0. The molecule has 268 valence electrons. The maximum atomic E-state index is 13.7. The summed E-state index contributed by atoms with van der Waals surface area (Å²) in [4.78, 5) is 38.4. The Labute approximate surface area is 287 Å². The monoisotopic (exact) mass is 656 g/mol. The Balaban J connectivity index is 0.00000500. The van der Waals surface area contributed by atoms with Gasteiger partial charge in [0.15, 0.2) is 5.78 Å². The highest BCUT2D eigenvalue weighted by molar-refractivity contribution is 6.00. The van der Waals surface area contributed by atoms with Gasteiger partial charge in [-0.15, -0.1) is 0 Å². The second-order valence-electron chi connectivity index (χ2n) is 18.9. The van der Waals surface area contributed by atoms with Crippen molar-refractivity contribution in [3.8, 4) is 0 Å². The van der Waals surface area contributed by atoms with E-state index in [4.69, 9.17) is 4.74 Å². The van der Waals surface area contributed by atoms with E-state index in [1.807, 2.05) is 0 Å². The minimum absolute atomic E-state index is 0. The molecular formula is C41H69NO5. The first kappa shape index (κ1) is 38.1. The van der Waals surface area contributed by atoms with Crippen LogP contribution in [0.3, 0.4) is 0 Å². The van der Waals surface area contributed by atoms with Gasteiger partial charge in [0.05, 0.1) is 11.8 Å². The first-order valence-corrected chi connectivity index (χ1v) is 18.7. The molecule has 6 heteroatoms. The molecule has 0 radical (unpaired) electrons. The van der Waals surface area contributed by atoms with Crippen molar-refractivity contribution in [3.63, 3.8) is 0 Å². The number of allylic oxidation sites excluding steroid dienone is 2. The summed E-state index contributed by atoms with van der Waals surface area (Å²) in [5, 5.41) is 13.3. The first-order valence-electron chi connectivity index (χ1n) is 18.7. The van der Waals surface area contributed by atoms with Gasteiger partial charge in [-0.3, -0.25) is 14.4 Å². The van der Waals surface area contributed by atoms with E-state index >= 15 is 0 Å². The lowest BCUT2D eigenvalue weighted by Gasteiger charge is -2.69. The maximum absolute atomic E-state index is 13.7. The predicted octanol–water partition coefficient (Wildman–Crippen LogP) is 9.26. The van der Waals surface area contributed by atoms with Crippen molar-refractivity contribution in [2.45, 2.75) is 153 Å². The highest BCUT2D eigenvalue weighted by Crippen LogP contribution is 2.73. The fourth-order valence-electron chi connectivity index (χ4n) is 12.3. The molecule has 0 aromatic carbocycles. The number of carboxylic acid groups (broad SMARTS) is 1. The van der Waals surface area contributed by atoms with E-state index in [1.165, 1.54) is 31.3 Å². The molecule has 5 rings (SSSR count). The number of ether oxygens (including phenoxy) is 1. The molecular weight excluding hydrogens is 586 g/mol. The van der Waals surface area contributed by atoms with E-state index in [9.17, 15) is 19.5 Å². The van der Waals surface area contributed by atoms with Gasteiger partial charge in [-0.05, 0) is 137 Å². The average Bonchev–Trinajstić information content (AvgIpc) is 3.24. The second-order valence-corrected chi connectivity index (χ2v) is 18.9. The second kappa shape index (κ2) is 13.2. The van der Waals surface area contributed by atoms with Crippen molar-refractivity contribution >= 4 is 17.7 Å². The third-order valence-electron chi connectivity index (χ3n) is 14.4. The van der Waals surface area contributed by atoms with Crippen molar-refractivity contribution in [2.75, 3.05) is 13.1 Å². The van der Waals surface area contributed by atoms with E-state index in [2.05, 4.69) is 60.7 Å². The van der Waals surface area contributed by atoms with E-state index in [1.54, 1.807) is 19.4 Å². The summed E-state index contributed by atoms with van der Waals surface area (Å²) in [6, 6.07) is 0. The number of Topliss-reactive ketones (excluding diaryl/α,β-unsaturated/α-hetero) is 1.